The molecule has 9 nitrogen and oxygen atoms in total. The minimum absolute atomic E-state index is 0.0287. The second kappa shape index (κ2) is 16.1. The van der Waals surface area contributed by atoms with Gasteiger partial charge in [-0.25, -0.2) is 4.98 Å². The van der Waals surface area contributed by atoms with Crippen molar-refractivity contribution in [3.63, 3.8) is 0 Å². The molecule has 0 aliphatic heterocycles. The Labute approximate surface area is 241 Å². The number of pyridine rings is 1. The zero-order valence-electron chi connectivity index (χ0n) is 24.3. The molecule has 220 valence electrons. The largest absolute Gasteiger partial charge is 0.493 e. The number of ketones is 1. The van der Waals surface area contributed by atoms with Crippen LogP contribution in [0.5, 0.6) is 17.2 Å². The van der Waals surface area contributed by atoms with Crippen LogP contribution in [0, 0.1) is 17.8 Å². The summed E-state index contributed by atoms with van der Waals surface area (Å²) in [5.74, 6) is -1.39. The van der Waals surface area contributed by atoms with Crippen LogP contribution in [0.1, 0.15) is 71.3 Å². The minimum Gasteiger partial charge on any atom is -0.493 e. The molecule has 0 aliphatic carbocycles. The number of carbonyl (C=O) groups is 3. The molecule has 40 heavy (non-hydrogen) atoms. The van der Waals surface area contributed by atoms with Gasteiger partial charge >= 0.3 is 11.9 Å². The zero-order chi connectivity index (χ0) is 29.8. The lowest BCUT2D eigenvalue weighted by molar-refractivity contribution is -0.161. The van der Waals surface area contributed by atoms with Crippen molar-refractivity contribution in [1.82, 2.24) is 4.98 Å². The number of nitrogens with zero attached hydrogens (tertiary/aromatic N) is 1. The quantitative estimate of drug-likeness (QED) is 0.129. The highest BCUT2D eigenvalue weighted by Gasteiger charge is 2.34. The van der Waals surface area contributed by atoms with Crippen LogP contribution in [-0.2, 0) is 19.1 Å². The molecule has 0 saturated heterocycles. The zero-order valence-corrected chi connectivity index (χ0v) is 25.0. The predicted octanol–water partition coefficient (Wildman–Crippen LogP) is 6.30. The van der Waals surface area contributed by atoms with E-state index in [0.29, 0.717) is 10.8 Å². The monoisotopic (exact) mass is 577 g/mol. The Bertz CT molecular complexity index is 1120. The number of ether oxygens (including phenoxy) is 5. The first-order valence-corrected chi connectivity index (χ1v) is 13.8. The summed E-state index contributed by atoms with van der Waals surface area (Å²) in [6.07, 6.45) is 1.93. The predicted molar refractivity (Wildman–Crippen MR) is 151 cm³/mol. The number of rotatable bonds is 16. The highest BCUT2D eigenvalue weighted by Crippen LogP contribution is 2.32. The summed E-state index contributed by atoms with van der Waals surface area (Å²) in [5, 5.41) is 0.598. The van der Waals surface area contributed by atoms with Gasteiger partial charge in [0.1, 0.15) is 18.0 Å². The average molecular weight is 578 g/mol. The lowest BCUT2D eigenvalue weighted by Gasteiger charge is -2.32. The lowest BCUT2D eigenvalue weighted by atomic mass is 9.89. The fourth-order valence-electron chi connectivity index (χ4n) is 4.32. The van der Waals surface area contributed by atoms with Gasteiger partial charge in [0.2, 0.25) is 6.79 Å². The van der Waals surface area contributed by atoms with Crippen molar-refractivity contribution in [2.24, 2.45) is 17.8 Å². The van der Waals surface area contributed by atoms with Crippen LogP contribution < -0.4 is 14.2 Å². The van der Waals surface area contributed by atoms with Crippen molar-refractivity contribution in [1.29, 1.82) is 0 Å². The van der Waals surface area contributed by atoms with Gasteiger partial charge in [0.25, 0.3) is 0 Å². The van der Waals surface area contributed by atoms with Gasteiger partial charge < -0.3 is 23.7 Å². The fraction of sp³-hybridized carbons (Fsp3) is 0.533. The van der Waals surface area contributed by atoms with E-state index in [2.05, 4.69) is 18.8 Å². The second-order valence-corrected chi connectivity index (χ2v) is 10.3. The van der Waals surface area contributed by atoms with Crippen molar-refractivity contribution in [2.75, 3.05) is 13.9 Å². The normalized spacial score (nSPS) is 13.3. The highest BCUT2D eigenvalue weighted by molar-refractivity contribution is 6.30. The highest BCUT2D eigenvalue weighted by atomic mass is 35.5. The maximum absolute atomic E-state index is 13.4. The van der Waals surface area contributed by atoms with E-state index in [-0.39, 0.29) is 35.4 Å². The van der Waals surface area contributed by atoms with E-state index in [1.54, 1.807) is 31.2 Å². The molecule has 0 N–H and O–H groups in total. The molecule has 2 aromatic rings. The van der Waals surface area contributed by atoms with E-state index in [4.69, 9.17) is 35.3 Å². The molecule has 0 saturated carbocycles. The first-order valence-electron chi connectivity index (χ1n) is 13.5. The van der Waals surface area contributed by atoms with Crippen LogP contribution >= 0.6 is 11.6 Å². The van der Waals surface area contributed by atoms with Gasteiger partial charge in [0, 0.05) is 30.6 Å². The van der Waals surface area contributed by atoms with E-state index in [1.165, 1.54) is 26.3 Å². The number of Topliss-reactive ketones (excluding diaryl/α,β-unsaturated/α-hetero) is 1. The molecule has 2 rings (SSSR count). The van der Waals surface area contributed by atoms with Gasteiger partial charge in [-0.1, -0.05) is 39.3 Å². The summed E-state index contributed by atoms with van der Waals surface area (Å²) in [7, 11) is 1.42. The molecule has 0 spiro atoms. The molecule has 0 fully saturated rings. The number of carbonyl (C=O) groups excluding carboxylic acids is 3. The number of benzene rings is 1. The number of hydrogen-bond donors (Lipinski definition) is 0. The molecule has 0 amide bonds. The smallest absolute Gasteiger partial charge is 0.310 e. The Hall–Kier alpha value is -3.33. The molecule has 3 atom stereocenters. The van der Waals surface area contributed by atoms with Gasteiger partial charge in [0.15, 0.2) is 23.0 Å². The molecule has 10 heteroatoms. The Morgan fingerprint density at radius 2 is 1.65 bits per heavy atom. The third kappa shape index (κ3) is 9.40. The molecule has 0 aliphatic rings. The van der Waals surface area contributed by atoms with E-state index >= 15 is 0 Å². The lowest BCUT2D eigenvalue weighted by Crippen LogP contribution is -2.41. The topological polar surface area (TPSA) is 110 Å². The van der Waals surface area contributed by atoms with Crippen LogP contribution in [0.25, 0.3) is 0 Å². The van der Waals surface area contributed by atoms with Gasteiger partial charge in [0.05, 0.1) is 13.0 Å². The van der Waals surface area contributed by atoms with Crippen LogP contribution in [-0.4, -0.2) is 48.8 Å². The number of hydrogen-bond acceptors (Lipinski definition) is 9. The fourth-order valence-corrected chi connectivity index (χ4v) is 4.45. The summed E-state index contributed by atoms with van der Waals surface area (Å²) in [6.45, 7) is 10.5. The van der Waals surface area contributed by atoms with Gasteiger partial charge in [-0.3, -0.25) is 14.4 Å². The average Bonchev–Trinajstić information content (AvgIpc) is 2.92. The maximum Gasteiger partial charge on any atom is 0.310 e. The van der Waals surface area contributed by atoms with Gasteiger partial charge in [-0.05, 0) is 55.9 Å². The SMILES string of the molecule is CCC(CC)[C@@H](Oc1ccc(Cl)cc1)[C@H](C)OC(=O)[C@@H](CC(=O)c1nccc(OC)c1OCOC(C)=O)C(C)C. The van der Waals surface area contributed by atoms with Gasteiger partial charge in [-0.15, -0.1) is 0 Å². The molecular formula is C30H40ClNO8. The first kappa shape index (κ1) is 32.9. The van der Waals surface area contributed by atoms with Crippen molar-refractivity contribution in [2.45, 2.75) is 73.0 Å². The third-order valence-electron chi connectivity index (χ3n) is 6.69. The van der Waals surface area contributed by atoms with Crippen molar-refractivity contribution >= 4 is 29.3 Å². The maximum atomic E-state index is 13.4. The Morgan fingerprint density at radius 3 is 2.20 bits per heavy atom. The first-order chi connectivity index (χ1) is 19.0. The van der Waals surface area contributed by atoms with E-state index in [9.17, 15) is 14.4 Å². The molecular weight excluding hydrogens is 538 g/mol. The van der Waals surface area contributed by atoms with Crippen LogP contribution in [0.3, 0.4) is 0 Å². The summed E-state index contributed by atoms with van der Waals surface area (Å²) in [4.78, 5) is 42.1. The van der Waals surface area contributed by atoms with E-state index < -0.39 is 42.6 Å². The van der Waals surface area contributed by atoms with Crippen LogP contribution in [0.2, 0.25) is 5.02 Å². The Morgan fingerprint density at radius 1 is 1.00 bits per heavy atom. The van der Waals surface area contributed by atoms with Crippen molar-refractivity contribution in [3.8, 4) is 17.2 Å². The Kier molecular flexibility index (Phi) is 13.2. The molecule has 0 radical (unpaired) electrons. The third-order valence-corrected chi connectivity index (χ3v) is 6.95. The number of esters is 2. The summed E-state index contributed by atoms with van der Waals surface area (Å²) in [6, 6.07) is 8.58. The van der Waals surface area contributed by atoms with Crippen molar-refractivity contribution in [3.05, 3.63) is 47.2 Å². The van der Waals surface area contributed by atoms with Crippen molar-refractivity contribution < 1.29 is 38.1 Å². The number of methoxy groups -OCH3 is 1. The standard InChI is InChI=1S/C30H40ClNO8/c1-8-21(9-2)28(40-23-12-10-22(31)11-13-23)19(5)39-30(35)24(18(3)4)16-25(34)27-29(38-17-37-20(6)33)26(36-7)14-15-32-27/h10-15,18-19,21,24,28H,8-9,16-17H2,1-7H3/t19-,24-,28-/m0/s1. The Balaban J connectivity index is 2.23. The number of aromatic nitrogens is 1. The van der Waals surface area contributed by atoms with Gasteiger partial charge in [-0.2, -0.15) is 0 Å². The summed E-state index contributed by atoms with van der Waals surface area (Å²) < 4.78 is 27.9. The van der Waals surface area contributed by atoms with Crippen LogP contribution in [0.15, 0.2) is 36.5 Å². The molecule has 1 aromatic heterocycles. The molecule has 0 bridgehead atoms. The van der Waals surface area contributed by atoms with E-state index in [0.717, 1.165) is 12.8 Å². The molecule has 0 unspecified atom stereocenters. The van der Waals surface area contributed by atoms with Crippen LogP contribution in [0.4, 0.5) is 0 Å². The number of halogens is 1. The molecule has 1 heterocycles. The molecule has 1 aromatic carbocycles. The second-order valence-electron chi connectivity index (χ2n) is 9.82. The minimum atomic E-state index is -0.748. The summed E-state index contributed by atoms with van der Waals surface area (Å²) >= 11 is 6.02. The van der Waals surface area contributed by atoms with E-state index in [1.807, 2.05) is 13.8 Å². The summed E-state index contributed by atoms with van der Waals surface area (Å²) in [5.41, 5.74) is -0.0287.